The number of nitrogens with zero attached hydrogens (tertiary/aromatic N) is 3. The van der Waals surface area contributed by atoms with E-state index in [-0.39, 0.29) is 47.5 Å². The first-order chi connectivity index (χ1) is 28.9. The van der Waals surface area contributed by atoms with Crippen molar-refractivity contribution < 1.29 is 23.9 Å². The normalized spacial score (nSPS) is 19.9. The van der Waals surface area contributed by atoms with Crippen LogP contribution in [0.2, 0.25) is 0 Å². The molecule has 0 spiro atoms. The van der Waals surface area contributed by atoms with Crippen LogP contribution < -0.4 is 15.4 Å². The van der Waals surface area contributed by atoms with Gasteiger partial charge in [-0.2, -0.15) is 0 Å². The fourth-order valence-corrected chi connectivity index (χ4v) is 8.45. The number of likely N-dealkylation sites (tertiary alicyclic amines) is 2. The number of imidazole rings is 1. The van der Waals surface area contributed by atoms with Crippen molar-refractivity contribution in [2.45, 2.75) is 75.5 Å². The molecule has 3 heterocycles. The van der Waals surface area contributed by atoms with E-state index in [1.54, 1.807) is 0 Å². The number of aromatic nitrogens is 2. The highest BCUT2D eigenvalue weighted by Gasteiger charge is 2.40. The van der Waals surface area contributed by atoms with Crippen LogP contribution >= 0.6 is 0 Å². The summed E-state index contributed by atoms with van der Waals surface area (Å²) in [5, 5.41) is 6.08. The molecule has 2 saturated heterocycles. The number of aromatic amines is 1. The number of benzene rings is 4. The molecule has 302 valence electrons. The Labute approximate surface area is 344 Å². The van der Waals surface area contributed by atoms with Crippen LogP contribution in [0, 0.1) is 11.8 Å². The first kappa shape index (κ1) is 38.3. The molecule has 4 atom stereocenters. The largest absolute Gasteiger partial charge is 0.491 e. The topological polar surface area (TPSA) is 137 Å². The first-order valence-corrected chi connectivity index (χ1v) is 21.1. The van der Waals surface area contributed by atoms with Crippen molar-refractivity contribution in [1.29, 1.82) is 0 Å². The summed E-state index contributed by atoms with van der Waals surface area (Å²) in [6.07, 6.45) is 8.72. The Kier molecular flexibility index (Phi) is 11.0. The lowest BCUT2D eigenvalue weighted by Gasteiger charge is -2.29. The fraction of sp³-hybridized carbons (Fsp3) is 0.354. The molecule has 59 heavy (non-hydrogen) atoms. The number of carbonyl (C=O) groups is 4. The Hall–Kier alpha value is -6.23. The molecule has 0 bridgehead atoms. The minimum absolute atomic E-state index is 0.00243. The van der Waals surface area contributed by atoms with E-state index in [1.165, 1.54) is 0 Å². The smallest absolute Gasteiger partial charge is 0.250 e. The van der Waals surface area contributed by atoms with Gasteiger partial charge in [-0.25, -0.2) is 4.98 Å². The van der Waals surface area contributed by atoms with Crippen LogP contribution in [0.15, 0.2) is 115 Å². The second-order valence-corrected chi connectivity index (χ2v) is 16.4. The van der Waals surface area contributed by atoms with Gasteiger partial charge >= 0.3 is 0 Å². The summed E-state index contributed by atoms with van der Waals surface area (Å²) in [6, 6.07) is 33.6. The van der Waals surface area contributed by atoms with Gasteiger partial charge in [0.15, 0.2) is 0 Å². The van der Waals surface area contributed by atoms with Crippen molar-refractivity contribution in [3.63, 3.8) is 0 Å². The first-order valence-electron chi connectivity index (χ1n) is 21.1. The van der Waals surface area contributed by atoms with Gasteiger partial charge in [0.05, 0.1) is 24.0 Å². The van der Waals surface area contributed by atoms with Gasteiger partial charge in [-0.3, -0.25) is 19.2 Å². The molecule has 0 radical (unpaired) electrons. The molecule has 2 aliphatic carbocycles. The molecule has 0 unspecified atom stereocenters. The number of H-pyrrole nitrogens is 1. The van der Waals surface area contributed by atoms with Gasteiger partial charge in [0.1, 0.15) is 30.3 Å². The molecule has 1 aromatic heterocycles. The van der Waals surface area contributed by atoms with Crippen LogP contribution in [0.25, 0.3) is 22.4 Å². The van der Waals surface area contributed by atoms with Gasteiger partial charge < -0.3 is 30.2 Å². The number of rotatable bonds is 14. The van der Waals surface area contributed by atoms with Crippen LogP contribution in [-0.4, -0.2) is 69.1 Å². The molecule has 4 aliphatic rings. The average molecular weight is 791 g/mol. The lowest BCUT2D eigenvalue weighted by atomic mass is 10.0. The number of hydrogen-bond acceptors (Lipinski definition) is 6. The third kappa shape index (κ3) is 8.65. The molecule has 4 fully saturated rings. The number of amides is 4. The highest BCUT2D eigenvalue weighted by atomic mass is 16.5. The third-order valence-electron chi connectivity index (χ3n) is 12.2. The number of nitrogens with one attached hydrogen (secondary N) is 3. The van der Waals surface area contributed by atoms with Crippen molar-refractivity contribution in [2.24, 2.45) is 11.8 Å². The SMILES string of the molecule is O=C(N[C@@H](C(=O)N1CCC[C@H]1COc1ccc(-c2ccc(-c3cnc([C@@H]4CCCN4C(=O)[C@H](NC(=O)C4CC4)c4ccccc4)[nH]3)cc2)cc1)c1ccccc1)C1CC1. The Bertz CT molecular complexity index is 2270. The molecule has 9 rings (SSSR count). The predicted molar refractivity (Wildman–Crippen MR) is 223 cm³/mol. The number of carbonyl (C=O) groups excluding carboxylic acids is 4. The fourth-order valence-electron chi connectivity index (χ4n) is 8.45. The summed E-state index contributed by atoms with van der Waals surface area (Å²) in [7, 11) is 0. The molecule has 2 saturated carbocycles. The van der Waals surface area contributed by atoms with Crippen molar-refractivity contribution in [1.82, 2.24) is 30.4 Å². The van der Waals surface area contributed by atoms with Crippen LogP contribution in [0.4, 0.5) is 0 Å². The maximum atomic E-state index is 14.1. The minimum atomic E-state index is -0.730. The monoisotopic (exact) mass is 790 g/mol. The predicted octanol–water partition coefficient (Wildman–Crippen LogP) is 7.31. The van der Waals surface area contributed by atoms with E-state index in [2.05, 4.69) is 39.9 Å². The molecule has 3 N–H and O–H groups in total. The van der Waals surface area contributed by atoms with E-state index in [0.717, 1.165) is 96.5 Å². The van der Waals surface area contributed by atoms with Crippen molar-refractivity contribution in [3.05, 3.63) is 132 Å². The standard InChI is InChI=1S/C48H50N6O5/c55-45(36-19-20-36)51-42(34-9-3-1-4-10-34)47(57)53-27-7-13-38(53)30-59-39-25-23-32(24-26-39)31-15-17-33(18-16-31)40-29-49-44(50-40)41-14-8-28-54(41)48(58)43(35-11-5-2-6-12-35)52-46(56)37-21-22-37/h1-6,9-12,15-18,23-26,29,36-38,41-43H,7-8,13-14,19-22,27-28,30H2,(H,49,50)(H,51,55)(H,52,56)/t38-,41-,42+,43+/m0/s1. The third-order valence-corrected chi connectivity index (χ3v) is 12.2. The molecule has 11 heteroatoms. The van der Waals surface area contributed by atoms with E-state index < -0.39 is 12.1 Å². The second kappa shape index (κ2) is 16.9. The van der Waals surface area contributed by atoms with Crippen LogP contribution in [0.3, 0.4) is 0 Å². The molecule has 2 aliphatic heterocycles. The number of hydrogen-bond donors (Lipinski definition) is 3. The summed E-state index contributed by atoms with van der Waals surface area (Å²) in [5.74, 6) is 1.20. The second-order valence-electron chi connectivity index (χ2n) is 16.4. The van der Waals surface area contributed by atoms with Crippen molar-refractivity contribution >= 4 is 23.6 Å². The van der Waals surface area contributed by atoms with Gasteiger partial charge in [0, 0.05) is 24.9 Å². The molecular weight excluding hydrogens is 741 g/mol. The molecule has 4 amide bonds. The zero-order chi connectivity index (χ0) is 40.3. The summed E-state index contributed by atoms with van der Waals surface area (Å²) >= 11 is 0. The lowest BCUT2D eigenvalue weighted by Crippen LogP contribution is -2.46. The van der Waals surface area contributed by atoms with E-state index in [1.807, 2.05) is 101 Å². The Morgan fingerprint density at radius 1 is 0.627 bits per heavy atom. The van der Waals surface area contributed by atoms with E-state index in [9.17, 15) is 19.2 Å². The van der Waals surface area contributed by atoms with Crippen molar-refractivity contribution in [2.75, 3.05) is 19.7 Å². The van der Waals surface area contributed by atoms with Gasteiger partial charge in [-0.05, 0) is 91.3 Å². The van der Waals surface area contributed by atoms with Crippen molar-refractivity contribution in [3.8, 4) is 28.1 Å². The maximum absolute atomic E-state index is 14.1. The highest BCUT2D eigenvalue weighted by Crippen LogP contribution is 2.36. The van der Waals surface area contributed by atoms with E-state index in [4.69, 9.17) is 9.72 Å². The summed E-state index contributed by atoms with van der Waals surface area (Å²) in [6.45, 7) is 1.62. The highest BCUT2D eigenvalue weighted by molar-refractivity contribution is 5.91. The molecular formula is C48H50N6O5. The Balaban J connectivity index is 0.818. The van der Waals surface area contributed by atoms with Crippen LogP contribution in [-0.2, 0) is 19.2 Å². The maximum Gasteiger partial charge on any atom is 0.250 e. The van der Waals surface area contributed by atoms with Crippen LogP contribution in [0.5, 0.6) is 5.75 Å². The van der Waals surface area contributed by atoms with Crippen LogP contribution in [0.1, 0.15) is 86.4 Å². The Morgan fingerprint density at radius 2 is 1.14 bits per heavy atom. The molecule has 11 nitrogen and oxygen atoms in total. The van der Waals surface area contributed by atoms with Gasteiger partial charge in [0.25, 0.3) is 0 Å². The zero-order valence-corrected chi connectivity index (χ0v) is 33.1. The number of ether oxygens (including phenoxy) is 1. The summed E-state index contributed by atoms with van der Waals surface area (Å²) in [4.78, 5) is 65.5. The molecule has 4 aromatic carbocycles. The average Bonchev–Trinajstić information content (AvgIpc) is 4.16. The van der Waals surface area contributed by atoms with Gasteiger partial charge in [0.2, 0.25) is 23.6 Å². The summed E-state index contributed by atoms with van der Waals surface area (Å²) in [5.41, 5.74) is 5.54. The van der Waals surface area contributed by atoms with E-state index >= 15 is 0 Å². The quantitative estimate of drug-likeness (QED) is 0.108. The Morgan fingerprint density at radius 3 is 1.71 bits per heavy atom. The van der Waals surface area contributed by atoms with Gasteiger partial charge in [-0.15, -0.1) is 0 Å². The van der Waals surface area contributed by atoms with Gasteiger partial charge in [-0.1, -0.05) is 97.1 Å². The lowest BCUT2D eigenvalue weighted by molar-refractivity contribution is -0.138. The minimum Gasteiger partial charge on any atom is -0.491 e. The molecule has 5 aromatic rings. The van der Waals surface area contributed by atoms with E-state index in [0.29, 0.717) is 19.7 Å². The zero-order valence-electron chi connectivity index (χ0n) is 33.1. The summed E-state index contributed by atoms with van der Waals surface area (Å²) < 4.78 is 6.25.